The molecule has 1 aromatic carbocycles. The molecule has 0 aromatic heterocycles. The van der Waals surface area contributed by atoms with Gasteiger partial charge in [-0.05, 0) is 24.3 Å². The molecule has 0 heterocycles. The summed E-state index contributed by atoms with van der Waals surface area (Å²) in [5.74, 6) is -0.540. The van der Waals surface area contributed by atoms with Gasteiger partial charge in [0.2, 0.25) is 0 Å². The summed E-state index contributed by atoms with van der Waals surface area (Å²) in [7, 11) is 1.55. The van der Waals surface area contributed by atoms with E-state index in [1.165, 1.54) is 4.90 Å². The fourth-order valence-corrected chi connectivity index (χ4v) is 1.16. The molecule has 1 aromatic rings. The van der Waals surface area contributed by atoms with E-state index >= 15 is 0 Å². The molecular weight excluding hydrogens is 237 g/mol. The molecule has 0 radical (unpaired) electrons. The molecule has 0 fully saturated rings. The van der Waals surface area contributed by atoms with Gasteiger partial charge in [-0.1, -0.05) is 15.9 Å². The van der Waals surface area contributed by atoms with Crippen LogP contribution in [0.4, 0.5) is 10.1 Å². The van der Waals surface area contributed by atoms with Crippen LogP contribution in [0.25, 0.3) is 0 Å². The van der Waals surface area contributed by atoms with Gasteiger partial charge in [0, 0.05) is 17.2 Å². The standard InChI is InChI=1S/C9H9BrFNO/c1-12(9(13)6-11)8-4-2-7(10)3-5-8/h2-5H,6H2,1H3. The van der Waals surface area contributed by atoms with E-state index in [-0.39, 0.29) is 0 Å². The van der Waals surface area contributed by atoms with Crippen molar-refractivity contribution >= 4 is 27.5 Å². The third-order valence-electron chi connectivity index (χ3n) is 1.70. The van der Waals surface area contributed by atoms with Gasteiger partial charge < -0.3 is 4.90 Å². The van der Waals surface area contributed by atoms with E-state index in [1.807, 2.05) is 0 Å². The summed E-state index contributed by atoms with van der Waals surface area (Å²) in [4.78, 5) is 12.2. The van der Waals surface area contributed by atoms with Crippen molar-refractivity contribution in [3.05, 3.63) is 28.7 Å². The number of hydrogen-bond donors (Lipinski definition) is 0. The number of hydrogen-bond acceptors (Lipinski definition) is 1. The van der Waals surface area contributed by atoms with Crippen LogP contribution in [0, 0.1) is 0 Å². The van der Waals surface area contributed by atoms with Crippen LogP contribution in [0.2, 0.25) is 0 Å². The molecule has 0 aliphatic rings. The van der Waals surface area contributed by atoms with Crippen LogP contribution >= 0.6 is 15.9 Å². The van der Waals surface area contributed by atoms with Crippen molar-refractivity contribution in [3.8, 4) is 0 Å². The highest BCUT2D eigenvalue weighted by Gasteiger charge is 2.08. The van der Waals surface area contributed by atoms with Crippen molar-refractivity contribution < 1.29 is 9.18 Å². The molecule has 70 valence electrons. The number of amides is 1. The van der Waals surface area contributed by atoms with E-state index in [4.69, 9.17) is 0 Å². The second-order valence-electron chi connectivity index (χ2n) is 2.56. The SMILES string of the molecule is CN(C(=O)CF)c1ccc(Br)cc1. The summed E-state index contributed by atoms with van der Waals surface area (Å²) < 4.78 is 12.9. The number of carbonyl (C=O) groups is 1. The van der Waals surface area contributed by atoms with Crippen LogP contribution in [-0.4, -0.2) is 19.6 Å². The summed E-state index contributed by atoms with van der Waals surface area (Å²) in [6.45, 7) is -0.966. The lowest BCUT2D eigenvalue weighted by molar-refractivity contribution is -0.119. The molecule has 0 aliphatic heterocycles. The smallest absolute Gasteiger partial charge is 0.258 e. The van der Waals surface area contributed by atoms with Crippen LogP contribution in [-0.2, 0) is 4.79 Å². The third kappa shape index (κ3) is 2.52. The zero-order valence-corrected chi connectivity index (χ0v) is 8.71. The van der Waals surface area contributed by atoms with Crippen molar-refractivity contribution in [1.82, 2.24) is 0 Å². The van der Waals surface area contributed by atoms with E-state index in [1.54, 1.807) is 31.3 Å². The summed E-state index contributed by atoms with van der Waals surface area (Å²) in [6.07, 6.45) is 0. The first-order valence-electron chi connectivity index (χ1n) is 3.73. The summed E-state index contributed by atoms with van der Waals surface area (Å²) in [6, 6.07) is 7.10. The normalized spacial score (nSPS) is 9.77. The van der Waals surface area contributed by atoms with Gasteiger partial charge in [-0.3, -0.25) is 4.79 Å². The van der Waals surface area contributed by atoms with Crippen molar-refractivity contribution in [2.24, 2.45) is 0 Å². The fourth-order valence-electron chi connectivity index (χ4n) is 0.898. The van der Waals surface area contributed by atoms with Gasteiger partial charge in [0.1, 0.15) is 0 Å². The summed E-state index contributed by atoms with van der Waals surface area (Å²) >= 11 is 3.27. The highest BCUT2D eigenvalue weighted by atomic mass is 79.9. The van der Waals surface area contributed by atoms with Gasteiger partial charge in [0.25, 0.3) is 5.91 Å². The van der Waals surface area contributed by atoms with E-state index in [0.29, 0.717) is 5.69 Å². The zero-order chi connectivity index (χ0) is 9.84. The minimum atomic E-state index is -0.966. The number of nitrogens with zero attached hydrogens (tertiary/aromatic N) is 1. The minimum absolute atomic E-state index is 0.540. The zero-order valence-electron chi connectivity index (χ0n) is 7.13. The number of rotatable bonds is 2. The van der Waals surface area contributed by atoms with Crippen LogP contribution in [0.15, 0.2) is 28.7 Å². The van der Waals surface area contributed by atoms with Crippen LogP contribution in [0.5, 0.6) is 0 Å². The molecule has 1 rings (SSSR count). The van der Waals surface area contributed by atoms with Crippen LogP contribution in [0.1, 0.15) is 0 Å². The molecule has 2 nitrogen and oxygen atoms in total. The van der Waals surface area contributed by atoms with Gasteiger partial charge >= 0.3 is 0 Å². The third-order valence-corrected chi connectivity index (χ3v) is 2.23. The van der Waals surface area contributed by atoms with Gasteiger partial charge in [0.15, 0.2) is 6.67 Å². The Hall–Kier alpha value is -0.900. The van der Waals surface area contributed by atoms with Gasteiger partial charge in [0.05, 0.1) is 0 Å². The highest BCUT2D eigenvalue weighted by molar-refractivity contribution is 9.10. The predicted octanol–water partition coefficient (Wildman–Crippen LogP) is 2.38. The van der Waals surface area contributed by atoms with E-state index < -0.39 is 12.6 Å². The van der Waals surface area contributed by atoms with E-state index in [0.717, 1.165) is 4.47 Å². The van der Waals surface area contributed by atoms with Crippen LogP contribution < -0.4 is 4.90 Å². The van der Waals surface area contributed by atoms with E-state index in [2.05, 4.69) is 15.9 Å². The molecule has 0 saturated heterocycles. The minimum Gasteiger partial charge on any atom is -0.313 e. The first-order chi connectivity index (χ1) is 6.15. The van der Waals surface area contributed by atoms with Crippen molar-refractivity contribution in [3.63, 3.8) is 0 Å². The molecule has 1 amide bonds. The molecule has 0 N–H and O–H groups in total. The van der Waals surface area contributed by atoms with Crippen molar-refractivity contribution in [1.29, 1.82) is 0 Å². The Morgan fingerprint density at radius 2 is 2.00 bits per heavy atom. The highest BCUT2D eigenvalue weighted by Crippen LogP contribution is 2.17. The molecule has 0 spiro atoms. The maximum Gasteiger partial charge on any atom is 0.258 e. The summed E-state index contributed by atoms with van der Waals surface area (Å²) in [5, 5.41) is 0. The molecule has 0 unspecified atom stereocenters. The predicted molar refractivity (Wildman–Crippen MR) is 53.5 cm³/mol. The average molecular weight is 246 g/mol. The van der Waals surface area contributed by atoms with Gasteiger partial charge in [-0.2, -0.15) is 0 Å². The molecule has 4 heteroatoms. The number of carbonyl (C=O) groups excluding carboxylic acids is 1. The Morgan fingerprint density at radius 1 is 1.46 bits per heavy atom. The molecule has 0 aliphatic carbocycles. The van der Waals surface area contributed by atoms with Crippen molar-refractivity contribution in [2.45, 2.75) is 0 Å². The largest absolute Gasteiger partial charge is 0.313 e. The maximum absolute atomic E-state index is 12.0. The molecule has 13 heavy (non-hydrogen) atoms. The summed E-state index contributed by atoms with van der Waals surface area (Å²) in [5.41, 5.74) is 0.686. The second kappa shape index (κ2) is 4.37. The first kappa shape index (κ1) is 10.2. The average Bonchev–Trinajstić information content (AvgIpc) is 2.17. The molecule has 0 saturated carbocycles. The Morgan fingerprint density at radius 3 is 2.46 bits per heavy atom. The number of halogens is 2. The lowest BCUT2D eigenvalue weighted by atomic mass is 10.3. The maximum atomic E-state index is 12.0. The van der Waals surface area contributed by atoms with E-state index in [9.17, 15) is 9.18 Å². The first-order valence-corrected chi connectivity index (χ1v) is 4.52. The Bertz CT molecular complexity index is 299. The van der Waals surface area contributed by atoms with Gasteiger partial charge in [-0.15, -0.1) is 0 Å². The Labute approximate surface area is 84.5 Å². The topological polar surface area (TPSA) is 20.3 Å². The van der Waals surface area contributed by atoms with Crippen LogP contribution in [0.3, 0.4) is 0 Å². The number of alkyl halides is 1. The molecule has 0 atom stereocenters. The number of benzene rings is 1. The van der Waals surface area contributed by atoms with Crippen molar-refractivity contribution in [2.75, 3.05) is 18.6 Å². The number of anilines is 1. The molecule has 0 bridgehead atoms. The monoisotopic (exact) mass is 245 g/mol. The lowest BCUT2D eigenvalue weighted by Crippen LogP contribution is -2.27. The Kier molecular flexibility index (Phi) is 3.42. The lowest BCUT2D eigenvalue weighted by Gasteiger charge is -2.15. The quantitative estimate of drug-likeness (QED) is 0.784. The Balaban J connectivity index is 2.83. The van der Waals surface area contributed by atoms with Gasteiger partial charge in [-0.25, -0.2) is 4.39 Å². The fraction of sp³-hybridized carbons (Fsp3) is 0.222. The molecular formula is C9H9BrFNO. The second-order valence-corrected chi connectivity index (χ2v) is 3.48.